The first-order valence-electron chi connectivity index (χ1n) is 12.1. The van der Waals surface area contributed by atoms with Gasteiger partial charge < -0.3 is 23.7 Å². The van der Waals surface area contributed by atoms with Crippen molar-refractivity contribution in [2.45, 2.75) is 50.5 Å². The summed E-state index contributed by atoms with van der Waals surface area (Å²) in [4.78, 5) is 0. The maximum atomic E-state index is 6.45. The van der Waals surface area contributed by atoms with Crippen molar-refractivity contribution in [3.8, 4) is 0 Å². The molecule has 0 aromatic heterocycles. The molecule has 1 fully saturated rings. The second-order valence-electron chi connectivity index (χ2n) is 8.37. The van der Waals surface area contributed by atoms with E-state index in [9.17, 15) is 0 Å². The van der Waals surface area contributed by atoms with Crippen LogP contribution >= 0.6 is 24.0 Å². The molecule has 0 amide bonds. The number of benzene rings is 3. The van der Waals surface area contributed by atoms with Gasteiger partial charge >= 0.3 is 0 Å². The van der Waals surface area contributed by atoms with Crippen molar-refractivity contribution >= 4 is 28.4 Å². The van der Waals surface area contributed by atoms with E-state index in [1.807, 2.05) is 97.9 Å². The number of thioether (sulfide) groups is 1. The Morgan fingerprint density at radius 2 is 1.25 bits per heavy atom. The van der Waals surface area contributed by atoms with Gasteiger partial charge in [0.1, 0.15) is 23.7 Å². The maximum absolute atomic E-state index is 6.45. The first-order chi connectivity index (χ1) is 17.7. The standard InChI is InChI=1S/C29H32O5S2/c1-2-31-29(35)36-28-27(33-20-24-16-10-5-11-17-24)26(32-19-23-14-8-4-9-15-23)25(34-28)21-30-18-22-12-6-3-7-13-22/h3-17,25-28H,2,18-21H2,1H3/t25-,26-,27+,28-/m0/s1. The Hall–Kier alpha value is -2.26. The summed E-state index contributed by atoms with van der Waals surface area (Å²) >= 11 is 6.78. The molecule has 1 aliphatic heterocycles. The lowest BCUT2D eigenvalue weighted by atomic mass is 10.1. The molecule has 0 aliphatic carbocycles. The number of hydrogen-bond donors (Lipinski definition) is 0. The smallest absolute Gasteiger partial charge is 0.222 e. The topological polar surface area (TPSA) is 46.2 Å². The molecule has 1 heterocycles. The van der Waals surface area contributed by atoms with Gasteiger partial charge in [-0.25, -0.2) is 0 Å². The molecule has 4 rings (SSSR count). The predicted molar refractivity (Wildman–Crippen MR) is 147 cm³/mol. The summed E-state index contributed by atoms with van der Waals surface area (Å²) in [5.74, 6) is 0. The molecule has 190 valence electrons. The molecule has 4 atom stereocenters. The van der Waals surface area contributed by atoms with Gasteiger partial charge in [0.15, 0.2) is 0 Å². The summed E-state index contributed by atoms with van der Waals surface area (Å²) in [5.41, 5.74) is 2.90. The third-order valence-corrected chi connectivity index (χ3v) is 7.03. The average molecular weight is 525 g/mol. The zero-order valence-corrected chi connectivity index (χ0v) is 22.0. The third-order valence-electron chi connectivity index (χ3n) is 5.71. The van der Waals surface area contributed by atoms with E-state index >= 15 is 0 Å². The van der Waals surface area contributed by atoms with Crippen molar-refractivity contribution in [1.29, 1.82) is 0 Å². The fourth-order valence-corrected chi connectivity index (χ4v) is 5.29. The minimum atomic E-state index is -0.376. The highest BCUT2D eigenvalue weighted by atomic mass is 32.2. The number of thiocarbonyl (C=S) groups is 1. The lowest BCUT2D eigenvalue weighted by Gasteiger charge is -2.25. The molecule has 0 bridgehead atoms. The molecule has 1 saturated heterocycles. The second-order valence-corrected chi connectivity index (χ2v) is 10.1. The van der Waals surface area contributed by atoms with E-state index in [1.54, 1.807) is 0 Å². The van der Waals surface area contributed by atoms with E-state index < -0.39 is 0 Å². The SMILES string of the molecule is CCOC(=S)S[C@@H]1O[C@@H](COCc2ccccc2)[C@H](OCc2ccccc2)[C@H]1OCc1ccccc1. The van der Waals surface area contributed by atoms with Crippen LogP contribution in [-0.4, -0.2) is 41.3 Å². The van der Waals surface area contributed by atoms with E-state index in [1.165, 1.54) is 11.8 Å². The molecular formula is C29H32O5S2. The maximum Gasteiger partial charge on any atom is 0.222 e. The molecular weight excluding hydrogens is 492 g/mol. The molecule has 0 spiro atoms. The van der Waals surface area contributed by atoms with Gasteiger partial charge in [0.2, 0.25) is 4.38 Å². The fraction of sp³-hybridized carbons (Fsp3) is 0.345. The largest absolute Gasteiger partial charge is 0.479 e. The lowest BCUT2D eigenvalue weighted by molar-refractivity contribution is -0.0895. The molecule has 1 aliphatic rings. The lowest BCUT2D eigenvalue weighted by Crippen LogP contribution is -2.38. The highest BCUT2D eigenvalue weighted by molar-refractivity contribution is 8.22. The Morgan fingerprint density at radius 1 is 0.750 bits per heavy atom. The van der Waals surface area contributed by atoms with Crippen molar-refractivity contribution in [1.82, 2.24) is 0 Å². The number of rotatable bonds is 12. The average Bonchev–Trinajstić information content (AvgIpc) is 3.23. The van der Waals surface area contributed by atoms with E-state index in [4.69, 9.17) is 35.9 Å². The summed E-state index contributed by atoms with van der Waals surface area (Å²) < 4.78 is 31.4. The van der Waals surface area contributed by atoms with Crippen LogP contribution in [0.25, 0.3) is 0 Å². The summed E-state index contributed by atoms with van der Waals surface area (Å²) in [6.45, 7) is 4.18. The second kappa shape index (κ2) is 14.5. The molecule has 0 saturated carbocycles. The van der Waals surface area contributed by atoms with E-state index in [0.717, 1.165) is 16.7 Å². The molecule has 3 aromatic rings. The number of ether oxygens (including phenoxy) is 5. The highest BCUT2D eigenvalue weighted by Gasteiger charge is 2.47. The Kier molecular flexibility index (Phi) is 10.8. The van der Waals surface area contributed by atoms with Crippen LogP contribution in [-0.2, 0) is 43.5 Å². The minimum Gasteiger partial charge on any atom is -0.479 e. The Morgan fingerprint density at radius 3 is 1.78 bits per heavy atom. The van der Waals surface area contributed by atoms with Gasteiger partial charge in [-0.3, -0.25) is 0 Å². The van der Waals surface area contributed by atoms with Crippen molar-refractivity contribution in [2.75, 3.05) is 13.2 Å². The zero-order valence-electron chi connectivity index (χ0n) is 20.4. The monoisotopic (exact) mass is 524 g/mol. The first kappa shape index (κ1) is 26.8. The fourth-order valence-electron chi connectivity index (χ4n) is 3.95. The molecule has 0 N–H and O–H groups in total. The number of hydrogen-bond acceptors (Lipinski definition) is 7. The van der Waals surface area contributed by atoms with Crippen LogP contribution in [0.15, 0.2) is 91.0 Å². The summed E-state index contributed by atoms with van der Waals surface area (Å²) in [5, 5.41) is 0. The summed E-state index contributed by atoms with van der Waals surface area (Å²) in [7, 11) is 0. The Labute approximate surface area is 223 Å². The Balaban J connectivity index is 1.49. The molecule has 3 aromatic carbocycles. The molecule has 0 radical (unpaired) electrons. The van der Waals surface area contributed by atoms with Gasteiger partial charge in [-0.05, 0) is 47.6 Å². The van der Waals surface area contributed by atoms with Crippen LogP contribution in [0.2, 0.25) is 0 Å². The van der Waals surface area contributed by atoms with Crippen LogP contribution in [0, 0.1) is 0 Å². The van der Waals surface area contributed by atoms with Crippen molar-refractivity contribution in [3.05, 3.63) is 108 Å². The van der Waals surface area contributed by atoms with Crippen LogP contribution in [0.4, 0.5) is 0 Å². The van der Waals surface area contributed by atoms with Gasteiger partial charge in [0.25, 0.3) is 0 Å². The first-order valence-corrected chi connectivity index (χ1v) is 13.4. The van der Waals surface area contributed by atoms with Gasteiger partial charge in [0.05, 0.1) is 33.0 Å². The molecule has 36 heavy (non-hydrogen) atoms. The van der Waals surface area contributed by atoms with E-state index in [-0.39, 0.29) is 23.7 Å². The zero-order chi connectivity index (χ0) is 25.0. The van der Waals surface area contributed by atoms with E-state index in [2.05, 4.69) is 0 Å². The summed E-state index contributed by atoms with van der Waals surface area (Å²) in [6.07, 6.45) is -1.02. The minimum absolute atomic E-state index is 0.319. The van der Waals surface area contributed by atoms with Crippen LogP contribution in [0.1, 0.15) is 23.6 Å². The van der Waals surface area contributed by atoms with Crippen molar-refractivity contribution in [3.63, 3.8) is 0 Å². The van der Waals surface area contributed by atoms with Gasteiger partial charge in [0, 0.05) is 0 Å². The van der Waals surface area contributed by atoms with Crippen LogP contribution in [0.3, 0.4) is 0 Å². The summed E-state index contributed by atoms with van der Waals surface area (Å²) in [6, 6.07) is 30.3. The van der Waals surface area contributed by atoms with Gasteiger partial charge in [-0.15, -0.1) is 0 Å². The quantitative estimate of drug-likeness (QED) is 0.263. The predicted octanol–water partition coefficient (Wildman–Crippen LogP) is 6.15. The molecule has 7 heteroatoms. The van der Waals surface area contributed by atoms with Gasteiger partial charge in [-0.2, -0.15) is 0 Å². The van der Waals surface area contributed by atoms with E-state index in [0.29, 0.717) is 37.4 Å². The van der Waals surface area contributed by atoms with Crippen LogP contribution < -0.4 is 0 Å². The van der Waals surface area contributed by atoms with Gasteiger partial charge in [-0.1, -0.05) is 91.0 Å². The van der Waals surface area contributed by atoms with Crippen molar-refractivity contribution < 1.29 is 23.7 Å². The normalized spacial score (nSPS) is 21.4. The highest BCUT2D eigenvalue weighted by Crippen LogP contribution is 2.35. The third kappa shape index (κ3) is 8.13. The Bertz CT molecular complexity index is 1040. The molecule has 5 nitrogen and oxygen atoms in total. The van der Waals surface area contributed by atoms with Crippen molar-refractivity contribution in [2.24, 2.45) is 0 Å². The van der Waals surface area contributed by atoms with Crippen LogP contribution in [0.5, 0.6) is 0 Å². The molecule has 0 unspecified atom stereocenters.